The van der Waals surface area contributed by atoms with Crippen molar-refractivity contribution in [2.75, 3.05) is 39.9 Å². The van der Waals surface area contributed by atoms with Crippen LogP contribution in [0.15, 0.2) is 29.3 Å². The normalized spacial score (nSPS) is 23.7. The molecule has 3 rings (SSSR count). The zero-order chi connectivity index (χ0) is 18.6. The molecule has 2 aliphatic heterocycles. The van der Waals surface area contributed by atoms with Gasteiger partial charge in [0.25, 0.3) is 0 Å². The summed E-state index contributed by atoms with van der Waals surface area (Å²) in [5.41, 5.74) is 1.20. The molecule has 0 saturated carbocycles. The molecule has 1 spiro atoms. The summed E-state index contributed by atoms with van der Waals surface area (Å²) >= 11 is 0. The molecule has 1 aromatic rings. The smallest absolute Gasteiger partial charge is 0.406 e. The number of nitrogens with zero attached hydrogens (tertiary/aromatic N) is 2. The first-order valence-corrected chi connectivity index (χ1v) is 8.77. The van der Waals surface area contributed by atoms with Gasteiger partial charge in [0.1, 0.15) is 5.75 Å². The van der Waals surface area contributed by atoms with Gasteiger partial charge in [-0.25, -0.2) is 0 Å². The van der Waals surface area contributed by atoms with Gasteiger partial charge < -0.3 is 19.7 Å². The van der Waals surface area contributed by atoms with Crippen molar-refractivity contribution < 1.29 is 22.6 Å². The van der Waals surface area contributed by atoms with Crippen molar-refractivity contribution in [2.24, 2.45) is 10.4 Å². The van der Waals surface area contributed by atoms with E-state index in [0.717, 1.165) is 50.7 Å². The molecule has 2 heterocycles. The second-order valence-corrected chi connectivity index (χ2v) is 6.89. The van der Waals surface area contributed by atoms with E-state index in [1.54, 1.807) is 19.2 Å². The molecule has 1 atom stereocenters. The summed E-state index contributed by atoms with van der Waals surface area (Å²) in [6.45, 7) is 4.25. The van der Waals surface area contributed by atoms with Crippen LogP contribution in [0.4, 0.5) is 13.2 Å². The first-order chi connectivity index (χ1) is 12.4. The molecule has 1 N–H and O–H groups in total. The highest BCUT2D eigenvalue weighted by atomic mass is 19.4. The third-order valence-corrected chi connectivity index (χ3v) is 4.99. The molecule has 0 aromatic heterocycles. The van der Waals surface area contributed by atoms with Crippen molar-refractivity contribution in [3.63, 3.8) is 0 Å². The van der Waals surface area contributed by atoms with E-state index < -0.39 is 6.36 Å². The van der Waals surface area contributed by atoms with E-state index in [1.165, 1.54) is 12.1 Å². The first-order valence-electron chi connectivity index (χ1n) is 8.77. The molecule has 144 valence electrons. The predicted octanol–water partition coefficient (Wildman–Crippen LogP) is 2.82. The van der Waals surface area contributed by atoms with Gasteiger partial charge in [-0.2, -0.15) is 0 Å². The molecule has 0 bridgehead atoms. The number of aliphatic imine (C=N–C) groups is 1. The molecule has 0 radical (unpaired) electrons. The summed E-state index contributed by atoms with van der Waals surface area (Å²) in [7, 11) is 1.77. The van der Waals surface area contributed by atoms with Crippen molar-refractivity contribution in [1.82, 2.24) is 10.2 Å². The average Bonchev–Trinajstić information content (AvgIpc) is 3.22. The maximum absolute atomic E-state index is 12.2. The Morgan fingerprint density at radius 3 is 2.69 bits per heavy atom. The Labute approximate surface area is 151 Å². The van der Waals surface area contributed by atoms with Crippen molar-refractivity contribution >= 4 is 5.96 Å². The zero-order valence-corrected chi connectivity index (χ0v) is 14.8. The minimum Gasteiger partial charge on any atom is -0.406 e. The summed E-state index contributed by atoms with van der Waals surface area (Å²) in [6, 6.07) is 5.96. The third kappa shape index (κ3) is 4.81. The molecule has 1 aromatic carbocycles. The summed E-state index contributed by atoms with van der Waals surface area (Å²) < 4.78 is 46.0. The van der Waals surface area contributed by atoms with Crippen LogP contribution < -0.4 is 10.1 Å². The van der Waals surface area contributed by atoms with Crippen LogP contribution in [0.2, 0.25) is 0 Å². The fourth-order valence-electron chi connectivity index (χ4n) is 3.60. The number of hydrogen-bond donors (Lipinski definition) is 1. The molecule has 2 aliphatic rings. The van der Waals surface area contributed by atoms with Crippen molar-refractivity contribution in [1.29, 1.82) is 0 Å². The minimum absolute atomic E-state index is 0.203. The monoisotopic (exact) mass is 371 g/mol. The summed E-state index contributed by atoms with van der Waals surface area (Å²) in [4.78, 5) is 6.61. The lowest BCUT2D eigenvalue weighted by atomic mass is 9.87. The van der Waals surface area contributed by atoms with Crippen LogP contribution in [0.25, 0.3) is 0 Å². The van der Waals surface area contributed by atoms with E-state index in [2.05, 4.69) is 19.9 Å². The van der Waals surface area contributed by atoms with Gasteiger partial charge in [-0.3, -0.25) is 4.99 Å². The van der Waals surface area contributed by atoms with Crippen LogP contribution in [0.1, 0.15) is 18.4 Å². The number of rotatable bonds is 4. The summed E-state index contributed by atoms with van der Waals surface area (Å²) in [6.07, 6.45) is -1.75. The minimum atomic E-state index is -4.66. The Morgan fingerprint density at radius 1 is 1.31 bits per heavy atom. The standard InChI is InChI=1S/C18H24F3N3O2/c1-22-16(24-10-7-17(12-24)8-11-25-13-17)23-9-6-14-2-4-15(5-3-14)26-18(19,20)21/h2-5H,6-13H2,1H3,(H,22,23). The van der Waals surface area contributed by atoms with Gasteiger partial charge in [-0.1, -0.05) is 12.1 Å². The van der Waals surface area contributed by atoms with Gasteiger partial charge in [0.2, 0.25) is 0 Å². The second-order valence-electron chi connectivity index (χ2n) is 6.89. The number of ether oxygens (including phenoxy) is 2. The lowest BCUT2D eigenvalue weighted by Crippen LogP contribution is -2.42. The van der Waals surface area contributed by atoms with Gasteiger partial charge in [0.15, 0.2) is 5.96 Å². The Bertz CT molecular complexity index is 626. The van der Waals surface area contributed by atoms with Gasteiger partial charge in [-0.15, -0.1) is 13.2 Å². The van der Waals surface area contributed by atoms with Crippen LogP contribution in [0, 0.1) is 5.41 Å². The molecular formula is C18H24F3N3O2. The summed E-state index contributed by atoms with van der Waals surface area (Å²) in [5, 5.41) is 3.34. The predicted molar refractivity (Wildman–Crippen MR) is 92.2 cm³/mol. The van der Waals surface area contributed by atoms with E-state index in [-0.39, 0.29) is 11.2 Å². The molecule has 26 heavy (non-hydrogen) atoms. The highest BCUT2D eigenvalue weighted by Crippen LogP contribution is 2.38. The Morgan fingerprint density at radius 2 is 2.08 bits per heavy atom. The number of benzene rings is 1. The lowest BCUT2D eigenvalue weighted by molar-refractivity contribution is -0.274. The second kappa shape index (κ2) is 7.73. The number of alkyl halides is 3. The van der Waals surface area contributed by atoms with Crippen LogP contribution in [0.5, 0.6) is 5.75 Å². The molecule has 5 nitrogen and oxygen atoms in total. The van der Waals surface area contributed by atoms with Gasteiger partial charge in [0, 0.05) is 38.7 Å². The highest BCUT2D eigenvalue weighted by molar-refractivity contribution is 5.80. The Kier molecular flexibility index (Phi) is 5.60. The van der Waals surface area contributed by atoms with E-state index in [0.29, 0.717) is 13.0 Å². The molecule has 2 fully saturated rings. The van der Waals surface area contributed by atoms with Gasteiger partial charge in [0.05, 0.1) is 6.61 Å². The van der Waals surface area contributed by atoms with Crippen LogP contribution >= 0.6 is 0 Å². The fraction of sp³-hybridized carbons (Fsp3) is 0.611. The van der Waals surface area contributed by atoms with Crippen LogP contribution in [-0.2, 0) is 11.2 Å². The van der Waals surface area contributed by atoms with Crippen molar-refractivity contribution in [3.8, 4) is 5.75 Å². The molecule has 0 aliphatic carbocycles. The SMILES string of the molecule is CN=C(NCCc1ccc(OC(F)(F)F)cc1)N1CCC2(CCOC2)C1. The number of guanidine groups is 1. The quantitative estimate of drug-likeness (QED) is 0.653. The number of hydrogen-bond acceptors (Lipinski definition) is 3. The maximum Gasteiger partial charge on any atom is 0.573 e. The lowest BCUT2D eigenvalue weighted by Gasteiger charge is -2.25. The topological polar surface area (TPSA) is 46.1 Å². The summed E-state index contributed by atoms with van der Waals surface area (Å²) in [5.74, 6) is 0.664. The number of likely N-dealkylation sites (tertiary alicyclic amines) is 1. The number of halogens is 3. The van der Waals surface area contributed by atoms with E-state index >= 15 is 0 Å². The third-order valence-electron chi connectivity index (χ3n) is 4.99. The van der Waals surface area contributed by atoms with Crippen LogP contribution in [0.3, 0.4) is 0 Å². The number of nitrogens with one attached hydrogen (secondary N) is 1. The molecule has 8 heteroatoms. The average molecular weight is 371 g/mol. The molecule has 0 amide bonds. The van der Waals surface area contributed by atoms with Gasteiger partial charge in [-0.05, 0) is 37.0 Å². The van der Waals surface area contributed by atoms with Crippen molar-refractivity contribution in [2.45, 2.75) is 25.6 Å². The van der Waals surface area contributed by atoms with Gasteiger partial charge >= 0.3 is 6.36 Å². The Hall–Kier alpha value is -1.96. The van der Waals surface area contributed by atoms with Crippen molar-refractivity contribution in [3.05, 3.63) is 29.8 Å². The zero-order valence-electron chi connectivity index (χ0n) is 14.8. The highest BCUT2D eigenvalue weighted by Gasteiger charge is 2.42. The largest absolute Gasteiger partial charge is 0.573 e. The van der Waals surface area contributed by atoms with E-state index in [9.17, 15) is 13.2 Å². The van der Waals surface area contributed by atoms with E-state index in [4.69, 9.17) is 4.74 Å². The first kappa shape index (κ1) is 18.8. The fourth-order valence-corrected chi connectivity index (χ4v) is 3.60. The van der Waals surface area contributed by atoms with Crippen LogP contribution in [-0.4, -0.2) is 57.1 Å². The Balaban J connectivity index is 1.46. The molecule has 2 saturated heterocycles. The maximum atomic E-state index is 12.2. The molecule has 1 unspecified atom stereocenters. The molecular weight excluding hydrogens is 347 g/mol. The van der Waals surface area contributed by atoms with E-state index in [1.807, 2.05) is 0 Å².